The summed E-state index contributed by atoms with van der Waals surface area (Å²) >= 11 is 0. The highest BCUT2D eigenvalue weighted by atomic mass is 28.3. The van der Waals surface area contributed by atoms with E-state index in [-0.39, 0.29) is 0 Å². The van der Waals surface area contributed by atoms with Gasteiger partial charge in [0.1, 0.15) is 0 Å². The summed E-state index contributed by atoms with van der Waals surface area (Å²) in [6, 6.07) is 21.9. The number of hydrogen-bond donors (Lipinski definition) is 1. The summed E-state index contributed by atoms with van der Waals surface area (Å²) < 4.78 is 0. The number of aliphatic hydroxyl groups is 1. The van der Waals surface area contributed by atoms with E-state index >= 15 is 0 Å². The maximum absolute atomic E-state index is 10.4. The van der Waals surface area contributed by atoms with Crippen LogP contribution in [0.25, 0.3) is 0 Å². The van der Waals surface area contributed by atoms with E-state index in [9.17, 15) is 5.11 Å². The molecule has 0 aliphatic rings. The third-order valence-corrected chi connectivity index (χ3v) is 7.48. The maximum Gasteiger partial charge on any atom is 0.0846 e. The van der Waals surface area contributed by atoms with Crippen LogP contribution in [0.5, 0.6) is 0 Å². The second-order valence-electron chi connectivity index (χ2n) is 6.63. The molecule has 0 saturated heterocycles. The standard InChI is InChI=1S/C20H26OSi/c1-17(16-22(2,3)19-12-8-5-9-13-19)20(21)15-14-18-10-6-4-7-11-18/h4-13,20-21H,1,14-16H2,2-3H3. The number of rotatable bonds is 7. The van der Waals surface area contributed by atoms with Crippen molar-refractivity contribution in [2.75, 3.05) is 0 Å². The molecule has 22 heavy (non-hydrogen) atoms. The molecule has 0 bridgehead atoms. The molecule has 2 rings (SSSR count). The van der Waals surface area contributed by atoms with Gasteiger partial charge < -0.3 is 5.11 Å². The molecule has 2 aromatic carbocycles. The Labute approximate surface area is 135 Å². The average molecular weight is 311 g/mol. The van der Waals surface area contributed by atoms with Crippen molar-refractivity contribution in [2.24, 2.45) is 0 Å². The zero-order valence-corrected chi connectivity index (χ0v) is 14.6. The predicted octanol–water partition coefficient (Wildman–Crippen LogP) is 4.15. The van der Waals surface area contributed by atoms with Crippen LogP contribution in [0.2, 0.25) is 19.1 Å². The molecule has 0 aliphatic heterocycles. The van der Waals surface area contributed by atoms with Gasteiger partial charge in [0.05, 0.1) is 14.2 Å². The van der Waals surface area contributed by atoms with Gasteiger partial charge in [-0.05, 0) is 24.4 Å². The first-order valence-electron chi connectivity index (χ1n) is 7.94. The fourth-order valence-electron chi connectivity index (χ4n) is 2.83. The molecule has 1 unspecified atom stereocenters. The summed E-state index contributed by atoms with van der Waals surface area (Å²) in [5.41, 5.74) is 2.25. The molecule has 0 aromatic heterocycles. The molecule has 2 heteroatoms. The Balaban J connectivity index is 1.91. The maximum atomic E-state index is 10.4. The molecular weight excluding hydrogens is 284 g/mol. The minimum absolute atomic E-state index is 0.407. The van der Waals surface area contributed by atoms with Gasteiger partial charge >= 0.3 is 0 Å². The van der Waals surface area contributed by atoms with Gasteiger partial charge in [-0.1, -0.05) is 91.1 Å². The fraction of sp³-hybridized carbons (Fsp3) is 0.300. The van der Waals surface area contributed by atoms with Crippen LogP contribution in [-0.2, 0) is 6.42 Å². The second-order valence-corrected chi connectivity index (χ2v) is 11.3. The third-order valence-electron chi connectivity index (χ3n) is 4.24. The smallest absolute Gasteiger partial charge is 0.0846 e. The first-order valence-corrected chi connectivity index (χ1v) is 11.1. The largest absolute Gasteiger partial charge is 0.389 e. The Morgan fingerprint density at radius 3 is 2.14 bits per heavy atom. The van der Waals surface area contributed by atoms with Crippen LogP contribution in [0.1, 0.15) is 12.0 Å². The molecule has 1 atom stereocenters. The first-order chi connectivity index (χ1) is 10.5. The minimum Gasteiger partial charge on any atom is -0.389 e. The number of hydrogen-bond acceptors (Lipinski definition) is 1. The molecule has 0 fully saturated rings. The van der Waals surface area contributed by atoms with Crippen molar-refractivity contribution < 1.29 is 5.11 Å². The summed E-state index contributed by atoms with van der Waals surface area (Å²) in [5.74, 6) is 0. The molecule has 0 heterocycles. The monoisotopic (exact) mass is 310 g/mol. The van der Waals surface area contributed by atoms with E-state index in [1.807, 2.05) is 18.2 Å². The third kappa shape index (κ3) is 4.69. The summed E-state index contributed by atoms with van der Waals surface area (Å²) in [7, 11) is -1.57. The molecule has 0 spiro atoms. The topological polar surface area (TPSA) is 20.2 Å². The van der Waals surface area contributed by atoms with E-state index in [1.54, 1.807) is 0 Å². The van der Waals surface area contributed by atoms with E-state index in [4.69, 9.17) is 0 Å². The lowest BCUT2D eigenvalue weighted by molar-refractivity contribution is 0.201. The Bertz CT molecular complexity index is 590. The Morgan fingerprint density at radius 2 is 1.55 bits per heavy atom. The molecule has 0 radical (unpaired) electrons. The molecule has 1 N–H and O–H groups in total. The summed E-state index contributed by atoms with van der Waals surface area (Å²) in [4.78, 5) is 0. The molecule has 116 valence electrons. The van der Waals surface area contributed by atoms with E-state index < -0.39 is 14.2 Å². The molecule has 0 aliphatic carbocycles. The van der Waals surface area contributed by atoms with Gasteiger partial charge in [0, 0.05) is 0 Å². The van der Waals surface area contributed by atoms with Gasteiger partial charge in [-0.25, -0.2) is 0 Å². The highest BCUT2D eigenvalue weighted by Crippen LogP contribution is 2.20. The van der Waals surface area contributed by atoms with Crippen LogP contribution in [0.15, 0.2) is 72.8 Å². The van der Waals surface area contributed by atoms with E-state index in [2.05, 4.69) is 62.1 Å². The molecule has 0 amide bonds. The zero-order valence-electron chi connectivity index (χ0n) is 13.6. The van der Waals surface area contributed by atoms with Crippen molar-refractivity contribution in [3.05, 3.63) is 78.4 Å². The number of aryl methyl sites for hydroxylation is 1. The Kier molecular flexibility index (Phi) is 5.75. The van der Waals surface area contributed by atoms with Gasteiger partial charge in [-0.15, -0.1) is 0 Å². The molecular formula is C20H26OSi. The van der Waals surface area contributed by atoms with Crippen LogP contribution in [-0.4, -0.2) is 19.3 Å². The number of aliphatic hydroxyl groups excluding tert-OH is 1. The number of benzene rings is 2. The van der Waals surface area contributed by atoms with Gasteiger partial charge in [-0.3, -0.25) is 0 Å². The van der Waals surface area contributed by atoms with Crippen molar-refractivity contribution in [1.82, 2.24) is 0 Å². The zero-order chi connectivity index (χ0) is 16.0. The lowest BCUT2D eigenvalue weighted by Gasteiger charge is -2.26. The fourth-order valence-corrected chi connectivity index (χ4v) is 5.50. The summed E-state index contributed by atoms with van der Waals surface area (Å²) in [6.45, 7) is 8.85. The highest BCUT2D eigenvalue weighted by molar-refractivity contribution is 6.90. The van der Waals surface area contributed by atoms with E-state index in [1.165, 1.54) is 10.8 Å². The van der Waals surface area contributed by atoms with Crippen molar-refractivity contribution in [3.63, 3.8) is 0 Å². The Hall–Kier alpha value is -1.64. The van der Waals surface area contributed by atoms with Crippen LogP contribution < -0.4 is 5.19 Å². The minimum atomic E-state index is -1.57. The van der Waals surface area contributed by atoms with Crippen molar-refractivity contribution in [1.29, 1.82) is 0 Å². The van der Waals surface area contributed by atoms with Crippen LogP contribution in [0.4, 0.5) is 0 Å². The van der Waals surface area contributed by atoms with Gasteiger partial charge in [0.15, 0.2) is 0 Å². The van der Waals surface area contributed by atoms with Crippen LogP contribution in [0.3, 0.4) is 0 Å². The van der Waals surface area contributed by atoms with Crippen molar-refractivity contribution >= 4 is 13.3 Å². The molecule has 0 saturated carbocycles. The van der Waals surface area contributed by atoms with Gasteiger partial charge in [0.25, 0.3) is 0 Å². The van der Waals surface area contributed by atoms with Gasteiger partial charge in [-0.2, -0.15) is 0 Å². The van der Waals surface area contributed by atoms with E-state index in [0.717, 1.165) is 24.5 Å². The molecule has 1 nitrogen and oxygen atoms in total. The summed E-state index contributed by atoms with van der Waals surface area (Å²) in [6.07, 6.45) is 1.24. The second kappa shape index (κ2) is 7.57. The van der Waals surface area contributed by atoms with E-state index in [0.29, 0.717) is 0 Å². The highest BCUT2D eigenvalue weighted by Gasteiger charge is 2.26. The van der Waals surface area contributed by atoms with Crippen LogP contribution >= 0.6 is 0 Å². The lowest BCUT2D eigenvalue weighted by Crippen LogP contribution is -2.42. The SMILES string of the molecule is C=C(C[Si](C)(C)c1ccccc1)C(O)CCc1ccccc1. The van der Waals surface area contributed by atoms with Crippen molar-refractivity contribution in [2.45, 2.75) is 38.1 Å². The average Bonchev–Trinajstić information content (AvgIpc) is 2.54. The lowest BCUT2D eigenvalue weighted by atomic mass is 10.0. The molecule has 2 aromatic rings. The Morgan fingerprint density at radius 1 is 1.00 bits per heavy atom. The quantitative estimate of drug-likeness (QED) is 0.601. The first kappa shape index (κ1) is 16.7. The normalized spacial score (nSPS) is 12.9. The van der Waals surface area contributed by atoms with Gasteiger partial charge in [0.2, 0.25) is 0 Å². The van der Waals surface area contributed by atoms with Crippen LogP contribution in [0, 0.1) is 0 Å². The van der Waals surface area contributed by atoms with Crippen molar-refractivity contribution in [3.8, 4) is 0 Å². The predicted molar refractivity (Wildman–Crippen MR) is 98.3 cm³/mol. The summed E-state index contributed by atoms with van der Waals surface area (Å²) in [5, 5.41) is 11.8.